The van der Waals surface area contributed by atoms with E-state index in [0.29, 0.717) is 11.3 Å². The predicted molar refractivity (Wildman–Crippen MR) is 80.6 cm³/mol. The van der Waals surface area contributed by atoms with Crippen molar-refractivity contribution in [1.29, 1.82) is 0 Å². The van der Waals surface area contributed by atoms with Gasteiger partial charge in [-0.2, -0.15) is 0 Å². The summed E-state index contributed by atoms with van der Waals surface area (Å²) < 4.78 is 20.8. The summed E-state index contributed by atoms with van der Waals surface area (Å²) in [5.41, 5.74) is 1.22. The predicted octanol–water partition coefficient (Wildman–Crippen LogP) is 5.06. The lowest BCUT2D eigenvalue weighted by Crippen LogP contribution is -2.20. The van der Waals surface area contributed by atoms with Gasteiger partial charge < -0.3 is 4.74 Å². The normalized spacial score (nSPS) is 17.6. The van der Waals surface area contributed by atoms with E-state index >= 15 is 0 Å². The van der Waals surface area contributed by atoms with Crippen molar-refractivity contribution in [2.45, 2.75) is 12.5 Å². The van der Waals surface area contributed by atoms with Crippen LogP contribution in [0, 0.1) is 5.82 Å². The zero-order chi connectivity index (χ0) is 14.3. The molecule has 3 rings (SSSR count). The number of halogens is 3. The molecule has 0 fully saturated rings. The summed E-state index contributed by atoms with van der Waals surface area (Å²) in [5.74, 6) is -0.0907. The maximum absolute atomic E-state index is 13.2. The van der Waals surface area contributed by atoms with Gasteiger partial charge >= 0.3 is 0 Å². The molecule has 0 bridgehead atoms. The first-order chi connectivity index (χ1) is 9.54. The van der Waals surface area contributed by atoms with Crippen molar-refractivity contribution >= 4 is 37.6 Å². The van der Waals surface area contributed by atoms with Crippen molar-refractivity contribution in [3.05, 3.63) is 62.3 Å². The van der Waals surface area contributed by atoms with Gasteiger partial charge in [-0.25, -0.2) is 4.39 Å². The van der Waals surface area contributed by atoms with E-state index in [-0.39, 0.29) is 18.3 Å². The van der Waals surface area contributed by atoms with E-state index in [4.69, 9.17) is 4.74 Å². The van der Waals surface area contributed by atoms with Crippen LogP contribution in [0.4, 0.5) is 4.39 Å². The Kier molecular flexibility index (Phi) is 3.65. The molecule has 1 aliphatic rings. The third kappa shape index (κ3) is 2.52. The molecule has 1 aliphatic heterocycles. The van der Waals surface area contributed by atoms with Crippen molar-refractivity contribution in [2.24, 2.45) is 0 Å². The summed E-state index contributed by atoms with van der Waals surface area (Å²) in [6, 6.07) is 9.74. The van der Waals surface area contributed by atoms with E-state index in [0.717, 1.165) is 14.5 Å². The average Bonchev–Trinajstić information content (AvgIpc) is 2.42. The zero-order valence-electron chi connectivity index (χ0n) is 10.2. The van der Waals surface area contributed by atoms with Gasteiger partial charge in [-0.05, 0) is 67.8 Å². The molecule has 2 aromatic carbocycles. The number of ketones is 1. The third-order valence-corrected chi connectivity index (χ3v) is 5.08. The van der Waals surface area contributed by atoms with Gasteiger partial charge in [0.25, 0.3) is 0 Å². The lowest BCUT2D eigenvalue weighted by atomic mass is 9.96. The second-order valence-corrected chi connectivity index (χ2v) is 6.26. The maximum atomic E-state index is 13.2. The molecule has 1 unspecified atom stereocenters. The Morgan fingerprint density at radius 2 is 1.90 bits per heavy atom. The maximum Gasteiger partial charge on any atom is 0.170 e. The van der Waals surface area contributed by atoms with Gasteiger partial charge in [0.05, 0.1) is 12.0 Å². The number of hydrogen-bond donors (Lipinski definition) is 0. The molecule has 0 saturated carbocycles. The molecule has 1 atom stereocenters. The van der Waals surface area contributed by atoms with Crippen LogP contribution < -0.4 is 4.74 Å². The van der Waals surface area contributed by atoms with Gasteiger partial charge in [0, 0.05) is 8.95 Å². The topological polar surface area (TPSA) is 26.3 Å². The van der Waals surface area contributed by atoms with Crippen molar-refractivity contribution in [1.82, 2.24) is 0 Å². The van der Waals surface area contributed by atoms with Crippen molar-refractivity contribution < 1.29 is 13.9 Å². The fourth-order valence-corrected chi connectivity index (χ4v) is 2.84. The van der Waals surface area contributed by atoms with Crippen LogP contribution in [0.1, 0.15) is 28.4 Å². The van der Waals surface area contributed by atoms with Crippen LogP contribution in [0.3, 0.4) is 0 Å². The largest absolute Gasteiger partial charge is 0.484 e. The Morgan fingerprint density at radius 1 is 1.10 bits per heavy atom. The van der Waals surface area contributed by atoms with Crippen LogP contribution in [0.5, 0.6) is 5.75 Å². The minimum Gasteiger partial charge on any atom is -0.484 e. The Balaban J connectivity index is 1.97. The van der Waals surface area contributed by atoms with Crippen molar-refractivity contribution in [3.63, 3.8) is 0 Å². The standard InChI is InChI=1S/C15H9Br2FO2/c16-11-3-1-8(5-12(11)17)15-7-13(19)10-6-9(18)2-4-14(10)20-15/h1-6,15H,7H2. The molecule has 0 spiro atoms. The molecule has 1 heterocycles. The summed E-state index contributed by atoms with van der Waals surface area (Å²) in [6.45, 7) is 0. The van der Waals surface area contributed by atoms with E-state index in [1.54, 1.807) is 0 Å². The number of ether oxygens (including phenoxy) is 1. The summed E-state index contributed by atoms with van der Waals surface area (Å²) in [5, 5.41) is 0. The highest BCUT2D eigenvalue weighted by atomic mass is 79.9. The van der Waals surface area contributed by atoms with Crippen LogP contribution >= 0.6 is 31.9 Å². The van der Waals surface area contributed by atoms with Crippen LogP contribution in [0.2, 0.25) is 0 Å². The van der Waals surface area contributed by atoms with Gasteiger partial charge in [0.1, 0.15) is 17.7 Å². The van der Waals surface area contributed by atoms with Gasteiger partial charge in [-0.3, -0.25) is 4.79 Å². The number of hydrogen-bond acceptors (Lipinski definition) is 2. The van der Waals surface area contributed by atoms with Gasteiger partial charge in [0.15, 0.2) is 5.78 Å². The Bertz CT molecular complexity index is 700. The number of fused-ring (bicyclic) bond motifs is 1. The van der Waals surface area contributed by atoms with Gasteiger partial charge in [-0.15, -0.1) is 0 Å². The molecule has 2 aromatic rings. The highest BCUT2D eigenvalue weighted by Crippen LogP contribution is 2.36. The first-order valence-corrected chi connectivity index (χ1v) is 7.57. The van der Waals surface area contributed by atoms with Crippen LogP contribution in [0.25, 0.3) is 0 Å². The first-order valence-electron chi connectivity index (χ1n) is 5.99. The smallest absolute Gasteiger partial charge is 0.170 e. The Hall–Kier alpha value is -1.20. The van der Waals surface area contributed by atoms with Gasteiger partial charge in [-0.1, -0.05) is 6.07 Å². The van der Waals surface area contributed by atoms with Gasteiger partial charge in [0.2, 0.25) is 0 Å². The van der Waals surface area contributed by atoms with Crippen molar-refractivity contribution in [2.75, 3.05) is 0 Å². The molecule has 0 N–H and O–H groups in total. The number of carbonyl (C=O) groups is 1. The first kappa shape index (κ1) is 13.8. The van der Waals surface area contributed by atoms with Crippen LogP contribution in [-0.2, 0) is 0 Å². The lowest BCUT2D eigenvalue weighted by molar-refractivity contribution is 0.0849. The Labute approximate surface area is 132 Å². The number of carbonyl (C=O) groups excluding carboxylic acids is 1. The SMILES string of the molecule is O=C1CC(c2ccc(Br)c(Br)c2)Oc2ccc(F)cc21. The third-order valence-electron chi connectivity index (χ3n) is 3.20. The highest BCUT2D eigenvalue weighted by Gasteiger charge is 2.28. The van der Waals surface area contributed by atoms with Crippen molar-refractivity contribution in [3.8, 4) is 5.75 Å². The number of benzene rings is 2. The molecular weight excluding hydrogens is 391 g/mol. The highest BCUT2D eigenvalue weighted by molar-refractivity contribution is 9.13. The fourth-order valence-electron chi connectivity index (χ4n) is 2.19. The molecule has 0 radical (unpaired) electrons. The van der Waals surface area contributed by atoms with Crippen LogP contribution in [-0.4, -0.2) is 5.78 Å². The molecule has 0 aromatic heterocycles. The molecule has 2 nitrogen and oxygen atoms in total. The summed E-state index contributed by atoms with van der Waals surface area (Å²) in [7, 11) is 0. The van der Waals surface area contributed by atoms with E-state index < -0.39 is 5.82 Å². The van der Waals surface area contributed by atoms with E-state index in [2.05, 4.69) is 31.9 Å². The molecule has 102 valence electrons. The second-order valence-electron chi connectivity index (χ2n) is 4.55. The monoisotopic (exact) mass is 398 g/mol. The lowest BCUT2D eigenvalue weighted by Gasteiger charge is -2.25. The molecule has 0 saturated heterocycles. The molecule has 0 amide bonds. The molecule has 5 heteroatoms. The second kappa shape index (κ2) is 5.30. The molecule has 20 heavy (non-hydrogen) atoms. The summed E-state index contributed by atoms with van der Waals surface area (Å²) >= 11 is 6.83. The summed E-state index contributed by atoms with van der Waals surface area (Å²) in [6.07, 6.45) is -0.130. The minimum atomic E-state index is -0.425. The number of Topliss-reactive ketones (excluding diaryl/α,β-unsaturated/α-hetero) is 1. The minimum absolute atomic E-state index is 0.102. The van der Waals surface area contributed by atoms with Crippen LogP contribution in [0.15, 0.2) is 45.3 Å². The van der Waals surface area contributed by atoms with E-state index in [9.17, 15) is 9.18 Å². The Morgan fingerprint density at radius 3 is 2.65 bits per heavy atom. The summed E-state index contributed by atoms with van der Waals surface area (Å²) in [4.78, 5) is 12.1. The zero-order valence-corrected chi connectivity index (χ0v) is 13.4. The molecule has 0 aliphatic carbocycles. The van der Waals surface area contributed by atoms with E-state index in [1.165, 1.54) is 18.2 Å². The molecular formula is C15H9Br2FO2. The fraction of sp³-hybridized carbons (Fsp3) is 0.133. The average molecular weight is 400 g/mol. The van der Waals surface area contributed by atoms with E-state index in [1.807, 2.05) is 18.2 Å². The number of rotatable bonds is 1. The quantitative estimate of drug-likeness (QED) is 0.670.